The highest BCUT2D eigenvalue weighted by atomic mass is 79.9. The van der Waals surface area contributed by atoms with Gasteiger partial charge < -0.3 is 15.2 Å². The van der Waals surface area contributed by atoms with Crippen LogP contribution in [0.4, 0.5) is 5.69 Å². The van der Waals surface area contributed by atoms with Crippen LogP contribution in [-0.4, -0.2) is 25.3 Å². The van der Waals surface area contributed by atoms with Crippen molar-refractivity contribution in [3.8, 4) is 0 Å². The number of ether oxygens (including phenoxy) is 2. The molecule has 0 radical (unpaired) electrons. The highest BCUT2D eigenvalue weighted by molar-refractivity contribution is 9.10. The second-order valence-electron chi connectivity index (χ2n) is 3.98. The first-order valence-corrected chi connectivity index (χ1v) is 6.30. The molecule has 5 heteroatoms. The van der Waals surface area contributed by atoms with E-state index in [1.54, 1.807) is 18.2 Å². The monoisotopic (exact) mass is 299 g/mol. The number of carbonyl (C=O) groups excluding carboxylic acids is 1. The van der Waals surface area contributed by atoms with Gasteiger partial charge in [-0.1, -0.05) is 0 Å². The Morgan fingerprint density at radius 3 is 3.00 bits per heavy atom. The number of esters is 1. The van der Waals surface area contributed by atoms with Gasteiger partial charge in [0.15, 0.2) is 0 Å². The summed E-state index contributed by atoms with van der Waals surface area (Å²) in [6.07, 6.45) is 1.65. The minimum absolute atomic E-state index is 0.138. The highest BCUT2D eigenvalue weighted by Crippen LogP contribution is 2.21. The van der Waals surface area contributed by atoms with Gasteiger partial charge in [-0.25, -0.2) is 4.79 Å². The number of rotatable bonds is 2. The number of anilines is 1. The number of hydrogen-bond acceptors (Lipinski definition) is 4. The summed E-state index contributed by atoms with van der Waals surface area (Å²) in [5.41, 5.74) is 6.71. The van der Waals surface area contributed by atoms with Crippen LogP contribution in [0, 0.1) is 0 Å². The molecular weight excluding hydrogens is 286 g/mol. The lowest BCUT2D eigenvalue weighted by molar-refractivity contribution is -0.0305. The molecule has 17 heavy (non-hydrogen) atoms. The van der Waals surface area contributed by atoms with E-state index < -0.39 is 0 Å². The Morgan fingerprint density at radius 2 is 2.35 bits per heavy atom. The Bertz CT molecular complexity index is 416. The zero-order valence-corrected chi connectivity index (χ0v) is 10.9. The van der Waals surface area contributed by atoms with Crippen molar-refractivity contribution < 1.29 is 14.3 Å². The van der Waals surface area contributed by atoms with Crippen LogP contribution in [-0.2, 0) is 9.47 Å². The van der Waals surface area contributed by atoms with Gasteiger partial charge in [-0.3, -0.25) is 0 Å². The zero-order chi connectivity index (χ0) is 12.3. The van der Waals surface area contributed by atoms with Crippen LogP contribution in [0.3, 0.4) is 0 Å². The Balaban J connectivity index is 2.01. The van der Waals surface area contributed by atoms with Crippen molar-refractivity contribution >= 4 is 27.6 Å². The molecule has 0 amide bonds. The number of benzene rings is 1. The normalized spacial score (nSPS) is 19.9. The van der Waals surface area contributed by atoms with Gasteiger partial charge in [0.2, 0.25) is 0 Å². The molecular formula is C12H14BrNO3. The minimum Gasteiger partial charge on any atom is -0.456 e. The molecule has 4 nitrogen and oxygen atoms in total. The van der Waals surface area contributed by atoms with Crippen molar-refractivity contribution in [2.45, 2.75) is 18.9 Å². The fourth-order valence-corrected chi connectivity index (χ4v) is 1.94. The first-order valence-electron chi connectivity index (χ1n) is 5.50. The van der Waals surface area contributed by atoms with Crippen molar-refractivity contribution in [3.05, 3.63) is 28.2 Å². The van der Waals surface area contributed by atoms with Crippen molar-refractivity contribution in [1.29, 1.82) is 0 Å². The van der Waals surface area contributed by atoms with Gasteiger partial charge in [-0.2, -0.15) is 0 Å². The molecule has 1 fully saturated rings. The first kappa shape index (κ1) is 12.4. The summed E-state index contributed by atoms with van der Waals surface area (Å²) in [6, 6.07) is 5.03. The van der Waals surface area contributed by atoms with E-state index in [0.29, 0.717) is 17.9 Å². The standard InChI is InChI=1S/C12H14BrNO3/c13-10-4-3-8(6-11(10)14)12(15)17-9-2-1-5-16-7-9/h3-4,6,9H,1-2,5,7,14H2. The molecule has 1 aliphatic rings. The van der Waals surface area contributed by atoms with Crippen molar-refractivity contribution in [2.75, 3.05) is 18.9 Å². The van der Waals surface area contributed by atoms with Crippen molar-refractivity contribution in [2.24, 2.45) is 0 Å². The van der Waals surface area contributed by atoms with E-state index in [1.807, 2.05) is 0 Å². The summed E-state index contributed by atoms with van der Waals surface area (Å²) in [4.78, 5) is 11.8. The maximum Gasteiger partial charge on any atom is 0.338 e. The maximum atomic E-state index is 11.8. The molecule has 1 aromatic carbocycles. The molecule has 1 heterocycles. The zero-order valence-electron chi connectivity index (χ0n) is 9.32. The Morgan fingerprint density at radius 1 is 1.53 bits per heavy atom. The summed E-state index contributed by atoms with van der Waals surface area (Å²) in [5.74, 6) is -0.347. The van der Waals surface area contributed by atoms with Gasteiger partial charge in [0.1, 0.15) is 6.10 Å². The molecule has 1 atom stereocenters. The third-order valence-corrected chi connectivity index (χ3v) is 3.35. The van der Waals surface area contributed by atoms with Crippen LogP contribution >= 0.6 is 15.9 Å². The number of hydrogen-bond donors (Lipinski definition) is 1. The topological polar surface area (TPSA) is 61.6 Å². The fraction of sp³-hybridized carbons (Fsp3) is 0.417. The molecule has 1 aromatic rings. The van der Waals surface area contributed by atoms with Crippen LogP contribution < -0.4 is 5.73 Å². The molecule has 0 spiro atoms. The second-order valence-corrected chi connectivity index (χ2v) is 4.84. The highest BCUT2D eigenvalue weighted by Gasteiger charge is 2.19. The minimum atomic E-state index is -0.347. The van der Waals surface area contributed by atoms with Gasteiger partial charge in [-0.15, -0.1) is 0 Å². The molecule has 2 rings (SSSR count). The number of nitrogen functional groups attached to an aromatic ring is 1. The molecule has 2 N–H and O–H groups in total. The number of nitrogens with two attached hydrogens (primary N) is 1. The van der Waals surface area contributed by atoms with E-state index in [1.165, 1.54) is 0 Å². The van der Waals surface area contributed by atoms with Crippen molar-refractivity contribution in [1.82, 2.24) is 0 Å². The smallest absolute Gasteiger partial charge is 0.338 e. The predicted molar refractivity (Wildman–Crippen MR) is 67.8 cm³/mol. The molecule has 0 aliphatic carbocycles. The second kappa shape index (κ2) is 5.51. The molecule has 0 bridgehead atoms. The SMILES string of the molecule is Nc1cc(C(=O)OC2CCCOC2)ccc1Br. The van der Waals surface area contributed by atoms with Gasteiger partial charge in [0, 0.05) is 16.8 Å². The maximum absolute atomic E-state index is 11.8. The van der Waals surface area contributed by atoms with E-state index in [9.17, 15) is 4.79 Å². The van der Waals surface area contributed by atoms with E-state index in [2.05, 4.69) is 15.9 Å². The first-order chi connectivity index (χ1) is 8.16. The van der Waals surface area contributed by atoms with Crippen LogP contribution in [0.25, 0.3) is 0 Å². The third kappa shape index (κ3) is 3.20. The summed E-state index contributed by atoms with van der Waals surface area (Å²) in [5, 5.41) is 0. The van der Waals surface area contributed by atoms with Crippen LogP contribution in [0.5, 0.6) is 0 Å². The fourth-order valence-electron chi connectivity index (χ4n) is 1.69. The lowest BCUT2D eigenvalue weighted by atomic mass is 10.1. The molecule has 0 aromatic heterocycles. The van der Waals surface area contributed by atoms with E-state index >= 15 is 0 Å². The van der Waals surface area contributed by atoms with Crippen LogP contribution in [0.15, 0.2) is 22.7 Å². The third-order valence-electron chi connectivity index (χ3n) is 2.62. The molecule has 1 unspecified atom stereocenters. The Labute approximate surface area is 108 Å². The van der Waals surface area contributed by atoms with Crippen LogP contribution in [0.2, 0.25) is 0 Å². The largest absolute Gasteiger partial charge is 0.456 e. The van der Waals surface area contributed by atoms with E-state index in [0.717, 1.165) is 23.9 Å². The van der Waals surface area contributed by atoms with Gasteiger partial charge in [0.05, 0.1) is 12.2 Å². The summed E-state index contributed by atoms with van der Waals surface area (Å²) < 4.78 is 11.4. The number of carbonyl (C=O) groups is 1. The number of halogens is 1. The van der Waals surface area contributed by atoms with Crippen LogP contribution in [0.1, 0.15) is 23.2 Å². The molecule has 1 aliphatic heterocycles. The van der Waals surface area contributed by atoms with Crippen molar-refractivity contribution in [3.63, 3.8) is 0 Å². The summed E-state index contributed by atoms with van der Waals surface area (Å²) in [6.45, 7) is 1.23. The Kier molecular flexibility index (Phi) is 4.02. The molecule has 92 valence electrons. The molecule has 1 saturated heterocycles. The Hall–Kier alpha value is -1.07. The lowest BCUT2D eigenvalue weighted by Crippen LogP contribution is -2.28. The van der Waals surface area contributed by atoms with E-state index in [4.69, 9.17) is 15.2 Å². The lowest BCUT2D eigenvalue weighted by Gasteiger charge is -2.22. The average Bonchev–Trinajstić information content (AvgIpc) is 2.34. The summed E-state index contributed by atoms with van der Waals surface area (Å²) >= 11 is 3.28. The van der Waals surface area contributed by atoms with E-state index in [-0.39, 0.29) is 12.1 Å². The molecule has 0 saturated carbocycles. The summed E-state index contributed by atoms with van der Waals surface area (Å²) in [7, 11) is 0. The quantitative estimate of drug-likeness (QED) is 0.673. The van der Waals surface area contributed by atoms with Gasteiger partial charge in [0.25, 0.3) is 0 Å². The van der Waals surface area contributed by atoms with Gasteiger partial charge >= 0.3 is 5.97 Å². The van der Waals surface area contributed by atoms with Gasteiger partial charge in [-0.05, 0) is 47.0 Å². The predicted octanol–water partition coefficient (Wildman–Crippen LogP) is 2.37. The average molecular weight is 300 g/mol.